The second-order valence-electron chi connectivity index (χ2n) is 7.12. The fourth-order valence-electron chi connectivity index (χ4n) is 3.87. The van der Waals surface area contributed by atoms with E-state index in [1.807, 2.05) is 4.90 Å². The zero-order valence-corrected chi connectivity index (χ0v) is 19.0. The lowest BCUT2D eigenvalue weighted by molar-refractivity contribution is -0.127. The highest BCUT2D eigenvalue weighted by atomic mass is 127. The summed E-state index contributed by atoms with van der Waals surface area (Å²) in [6.07, 6.45) is 7.99. The first kappa shape index (κ1) is 23.5. The molecule has 2 aliphatic heterocycles. The smallest absolute Gasteiger partial charge is 0.222 e. The predicted octanol–water partition coefficient (Wildman–Crippen LogP) is 2.44. The van der Waals surface area contributed by atoms with Crippen LogP contribution in [0.2, 0.25) is 0 Å². The number of hydrogen-bond acceptors (Lipinski definition) is 3. The molecule has 0 aromatic carbocycles. The van der Waals surface area contributed by atoms with E-state index < -0.39 is 0 Å². The highest BCUT2D eigenvalue weighted by Gasteiger charge is 2.20. The fraction of sp³-hybridized carbons (Fsp3) is 0.895. The molecule has 0 bridgehead atoms. The van der Waals surface area contributed by atoms with Crippen LogP contribution in [-0.4, -0.2) is 73.5 Å². The molecule has 0 aromatic heterocycles. The quantitative estimate of drug-likeness (QED) is 0.231. The van der Waals surface area contributed by atoms with Crippen LogP contribution in [-0.2, 0) is 4.79 Å². The number of nitrogens with one attached hydrogen (secondary N) is 2. The normalized spacial score (nSPS) is 21.6. The monoisotopic (exact) mass is 479 g/mol. The molecule has 2 heterocycles. The Morgan fingerprint density at radius 2 is 2.00 bits per heavy atom. The highest BCUT2D eigenvalue weighted by molar-refractivity contribution is 14.0. The zero-order chi connectivity index (χ0) is 17.9. The number of rotatable bonds is 9. The summed E-state index contributed by atoms with van der Waals surface area (Å²) in [5.41, 5.74) is 0. The topological polar surface area (TPSA) is 60.0 Å². The van der Waals surface area contributed by atoms with Crippen molar-refractivity contribution in [2.75, 3.05) is 45.8 Å². The molecule has 2 fully saturated rings. The molecule has 0 radical (unpaired) electrons. The maximum Gasteiger partial charge on any atom is 0.222 e. The average molecular weight is 479 g/mol. The molecule has 7 heteroatoms. The molecule has 2 saturated heterocycles. The molecule has 0 saturated carbocycles. The molecular weight excluding hydrogens is 441 g/mol. The van der Waals surface area contributed by atoms with E-state index in [-0.39, 0.29) is 24.0 Å². The number of carbonyl (C=O) groups is 1. The van der Waals surface area contributed by atoms with Gasteiger partial charge in [-0.2, -0.15) is 0 Å². The highest BCUT2D eigenvalue weighted by Crippen LogP contribution is 2.18. The minimum Gasteiger partial charge on any atom is -0.357 e. The van der Waals surface area contributed by atoms with Crippen LogP contribution < -0.4 is 10.6 Å². The summed E-state index contributed by atoms with van der Waals surface area (Å²) in [4.78, 5) is 20.9. The first-order valence-corrected chi connectivity index (χ1v) is 10.3. The number of amides is 1. The third-order valence-electron chi connectivity index (χ3n) is 5.28. The molecule has 6 nitrogen and oxygen atoms in total. The van der Waals surface area contributed by atoms with Crippen molar-refractivity contribution in [1.29, 1.82) is 0 Å². The van der Waals surface area contributed by atoms with Crippen molar-refractivity contribution in [2.45, 2.75) is 64.8 Å². The number of nitrogens with zero attached hydrogens (tertiary/aromatic N) is 3. The maximum absolute atomic E-state index is 11.6. The van der Waals surface area contributed by atoms with Crippen molar-refractivity contribution in [3.05, 3.63) is 0 Å². The summed E-state index contributed by atoms with van der Waals surface area (Å²) in [5, 5.41) is 6.79. The number of aliphatic imine (C=N–C) groups is 1. The lowest BCUT2D eigenvalue weighted by Crippen LogP contribution is -2.46. The molecule has 26 heavy (non-hydrogen) atoms. The lowest BCUT2D eigenvalue weighted by Gasteiger charge is -2.35. The van der Waals surface area contributed by atoms with Gasteiger partial charge in [-0.05, 0) is 45.6 Å². The summed E-state index contributed by atoms with van der Waals surface area (Å²) < 4.78 is 0. The van der Waals surface area contributed by atoms with Crippen LogP contribution in [0.25, 0.3) is 0 Å². The van der Waals surface area contributed by atoms with Gasteiger partial charge in [-0.3, -0.25) is 14.7 Å². The molecule has 152 valence electrons. The lowest BCUT2D eigenvalue weighted by atomic mass is 10.0. The molecule has 0 aliphatic carbocycles. The second-order valence-corrected chi connectivity index (χ2v) is 7.12. The van der Waals surface area contributed by atoms with Gasteiger partial charge in [0.15, 0.2) is 5.96 Å². The Balaban J connectivity index is 0.00000338. The number of piperidine rings is 1. The molecular formula is C19H38IN5O. The van der Waals surface area contributed by atoms with Gasteiger partial charge in [0.25, 0.3) is 0 Å². The van der Waals surface area contributed by atoms with E-state index in [9.17, 15) is 4.79 Å². The van der Waals surface area contributed by atoms with E-state index in [4.69, 9.17) is 0 Å². The van der Waals surface area contributed by atoms with Crippen LogP contribution in [0.1, 0.15) is 58.8 Å². The van der Waals surface area contributed by atoms with Gasteiger partial charge in [0.2, 0.25) is 5.91 Å². The average Bonchev–Trinajstić information content (AvgIpc) is 3.04. The van der Waals surface area contributed by atoms with Crippen molar-refractivity contribution in [2.24, 2.45) is 4.99 Å². The van der Waals surface area contributed by atoms with Crippen molar-refractivity contribution in [3.8, 4) is 0 Å². The first-order valence-electron chi connectivity index (χ1n) is 10.3. The fourth-order valence-corrected chi connectivity index (χ4v) is 3.87. The molecule has 2 aliphatic rings. The molecule has 0 aromatic rings. The zero-order valence-electron chi connectivity index (χ0n) is 16.6. The Labute approximate surface area is 176 Å². The molecule has 1 atom stereocenters. The third-order valence-corrected chi connectivity index (χ3v) is 5.28. The maximum atomic E-state index is 11.6. The van der Waals surface area contributed by atoms with E-state index in [1.165, 1.54) is 32.2 Å². The number of hydrogen-bond donors (Lipinski definition) is 2. The SMILES string of the molecule is CCNC(=NCCCN1CCCC1=O)NCCN1CCCCC1CC.I. The molecule has 2 N–H and O–H groups in total. The first-order chi connectivity index (χ1) is 12.2. The van der Waals surface area contributed by atoms with Crippen LogP contribution >= 0.6 is 24.0 Å². The van der Waals surface area contributed by atoms with E-state index in [0.717, 1.165) is 70.5 Å². The summed E-state index contributed by atoms with van der Waals surface area (Å²) >= 11 is 0. The Kier molecular flexibility index (Phi) is 12.3. The third kappa shape index (κ3) is 7.98. The van der Waals surface area contributed by atoms with Crippen molar-refractivity contribution in [3.63, 3.8) is 0 Å². The molecule has 0 spiro atoms. The Morgan fingerprint density at radius 3 is 2.69 bits per heavy atom. The summed E-state index contributed by atoms with van der Waals surface area (Å²) in [6, 6.07) is 0.757. The Hall–Kier alpha value is -0.570. The van der Waals surface area contributed by atoms with E-state index in [1.54, 1.807) is 0 Å². The van der Waals surface area contributed by atoms with Gasteiger partial charge < -0.3 is 15.5 Å². The standard InChI is InChI=1S/C19H37N5O.HI/c1-3-17-9-5-6-13-23(17)16-12-22-19(20-4-2)21-11-8-15-24-14-7-10-18(24)25;/h17H,3-16H2,1-2H3,(H2,20,21,22);1H. The summed E-state index contributed by atoms with van der Waals surface area (Å²) in [6.45, 7) is 11.1. The van der Waals surface area contributed by atoms with Gasteiger partial charge >= 0.3 is 0 Å². The number of likely N-dealkylation sites (tertiary alicyclic amines) is 2. The second kappa shape index (κ2) is 13.6. The number of halogens is 1. The van der Waals surface area contributed by atoms with Crippen molar-refractivity contribution < 1.29 is 4.79 Å². The van der Waals surface area contributed by atoms with Crippen LogP contribution in [0.5, 0.6) is 0 Å². The van der Waals surface area contributed by atoms with Gasteiger partial charge in [0, 0.05) is 51.7 Å². The minimum atomic E-state index is 0. The van der Waals surface area contributed by atoms with Crippen LogP contribution in [0.3, 0.4) is 0 Å². The Morgan fingerprint density at radius 1 is 1.15 bits per heavy atom. The van der Waals surface area contributed by atoms with Crippen molar-refractivity contribution in [1.82, 2.24) is 20.4 Å². The molecule has 1 amide bonds. The van der Waals surface area contributed by atoms with Gasteiger partial charge in [0.1, 0.15) is 0 Å². The van der Waals surface area contributed by atoms with E-state index in [2.05, 4.69) is 34.4 Å². The van der Waals surface area contributed by atoms with Crippen LogP contribution in [0, 0.1) is 0 Å². The van der Waals surface area contributed by atoms with Crippen LogP contribution in [0.4, 0.5) is 0 Å². The van der Waals surface area contributed by atoms with Crippen LogP contribution in [0.15, 0.2) is 4.99 Å². The number of carbonyl (C=O) groups excluding carboxylic acids is 1. The van der Waals surface area contributed by atoms with E-state index in [0.29, 0.717) is 5.91 Å². The summed E-state index contributed by atoms with van der Waals surface area (Å²) in [5.74, 6) is 1.21. The summed E-state index contributed by atoms with van der Waals surface area (Å²) in [7, 11) is 0. The molecule has 2 rings (SSSR count). The van der Waals surface area contributed by atoms with E-state index >= 15 is 0 Å². The van der Waals surface area contributed by atoms with Gasteiger partial charge in [-0.1, -0.05) is 13.3 Å². The van der Waals surface area contributed by atoms with Gasteiger partial charge in [0.05, 0.1) is 0 Å². The minimum absolute atomic E-state index is 0. The Bertz CT molecular complexity index is 432. The van der Waals surface area contributed by atoms with Gasteiger partial charge in [-0.15, -0.1) is 24.0 Å². The number of guanidine groups is 1. The largest absolute Gasteiger partial charge is 0.357 e. The van der Waals surface area contributed by atoms with Gasteiger partial charge in [-0.25, -0.2) is 0 Å². The molecule has 1 unspecified atom stereocenters. The predicted molar refractivity (Wildman–Crippen MR) is 119 cm³/mol. The van der Waals surface area contributed by atoms with Crippen molar-refractivity contribution >= 4 is 35.8 Å².